The van der Waals surface area contributed by atoms with Crippen LogP contribution in [0.15, 0.2) is 4.99 Å². The molecule has 0 saturated carbocycles. The van der Waals surface area contributed by atoms with E-state index in [0.717, 1.165) is 56.5 Å². The summed E-state index contributed by atoms with van der Waals surface area (Å²) in [6, 6.07) is 0. The fraction of sp³-hybridized carbons (Fsp3) is 0.714. The summed E-state index contributed by atoms with van der Waals surface area (Å²) >= 11 is 1.68. The molecule has 0 atom stereocenters. The van der Waals surface area contributed by atoms with E-state index in [2.05, 4.69) is 20.2 Å². The average molecular weight is 311 g/mol. The smallest absolute Gasteiger partial charge is 0.188 e. The second-order valence-electron chi connectivity index (χ2n) is 5.18. The Labute approximate surface area is 130 Å². The molecular formula is C14H25N5OS. The summed E-state index contributed by atoms with van der Waals surface area (Å²) in [6.45, 7) is 10.3. The van der Waals surface area contributed by atoms with Crippen molar-refractivity contribution in [3.63, 3.8) is 0 Å². The first-order chi connectivity index (χ1) is 10.1. The monoisotopic (exact) mass is 311 g/mol. The summed E-state index contributed by atoms with van der Waals surface area (Å²) in [7, 11) is 0. The fourth-order valence-electron chi connectivity index (χ4n) is 2.28. The predicted octanol–water partition coefficient (Wildman–Crippen LogP) is 0.887. The largest absolute Gasteiger partial charge is 0.379 e. The van der Waals surface area contributed by atoms with E-state index < -0.39 is 0 Å². The van der Waals surface area contributed by atoms with Gasteiger partial charge in [-0.2, -0.15) is 0 Å². The molecular weight excluding hydrogens is 286 g/mol. The first-order valence-electron chi connectivity index (χ1n) is 7.42. The number of rotatable bonds is 6. The number of thiazole rings is 1. The van der Waals surface area contributed by atoms with E-state index in [0.29, 0.717) is 12.5 Å². The highest BCUT2D eigenvalue weighted by atomic mass is 32.1. The topological polar surface area (TPSA) is 75.8 Å². The van der Waals surface area contributed by atoms with Gasteiger partial charge in [0.2, 0.25) is 0 Å². The highest BCUT2D eigenvalue weighted by Gasteiger charge is 2.09. The van der Waals surface area contributed by atoms with Crippen molar-refractivity contribution in [2.24, 2.45) is 10.7 Å². The van der Waals surface area contributed by atoms with E-state index in [1.165, 1.54) is 4.88 Å². The lowest BCUT2D eigenvalue weighted by atomic mass is 10.3. The Morgan fingerprint density at radius 1 is 1.43 bits per heavy atom. The number of hydrogen-bond acceptors (Lipinski definition) is 5. The Hall–Kier alpha value is -1.18. The van der Waals surface area contributed by atoms with Gasteiger partial charge in [0.1, 0.15) is 0 Å². The van der Waals surface area contributed by atoms with E-state index in [1.54, 1.807) is 11.3 Å². The first kappa shape index (κ1) is 16.2. The van der Waals surface area contributed by atoms with Gasteiger partial charge < -0.3 is 15.8 Å². The number of nitrogens with one attached hydrogen (secondary N) is 1. The number of nitrogens with zero attached hydrogens (tertiary/aromatic N) is 3. The summed E-state index contributed by atoms with van der Waals surface area (Å²) < 4.78 is 5.33. The van der Waals surface area contributed by atoms with Gasteiger partial charge in [0.25, 0.3) is 0 Å². The highest BCUT2D eigenvalue weighted by molar-refractivity contribution is 7.11. The third-order valence-corrected chi connectivity index (χ3v) is 4.51. The van der Waals surface area contributed by atoms with Gasteiger partial charge in [0.05, 0.1) is 30.5 Å². The van der Waals surface area contributed by atoms with Crippen LogP contribution in [0.4, 0.5) is 0 Å². The lowest BCUT2D eigenvalue weighted by molar-refractivity contribution is 0.0376. The van der Waals surface area contributed by atoms with Crippen molar-refractivity contribution in [3.05, 3.63) is 15.6 Å². The number of ether oxygens (including phenoxy) is 1. The molecule has 2 rings (SSSR count). The maximum Gasteiger partial charge on any atom is 0.188 e. The van der Waals surface area contributed by atoms with Crippen LogP contribution in [-0.2, 0) is 11.3 Å². The van der Waals surface area contributed by atoms with Crippen molar-refractivity contribution >= 4 is 17.3 Å². The molecule has 1 aromatic heterocycles. The number of guanidine groups is 1. The summed E-state index contributed by atoms with van der Waals surface area (Å²) in [5.41, 5.74) is 6.94. The number of nitrogens with two attached hydrogens (primary N) is 1. The van der Waals surface area contributed by atoms with Gasteiger partial charge in [-0.15, -0.1) is 11.3 Å². The molecule has 0 unspecified atom stereocenters. The molecule has 0 radical (unpaired) electrons. The van der Waals surface area contributed by atoms with E-state index in [9.17, 15) is 0 Å². The maximum absolute atomic E-state index is 5.89. The number of aryl methyl sites for hydroxylation is 2. The van der Waals surface area contributed by atoms with Crippen LogP contribution in [0.25, 0.3) is 0 Å². The van der Waals surface area contributed by atoms with Crippen molar-refractivity contribution in [2.45, 2.75) is 26.8 Å². The third-order valence-electron chi connectivity index (χ3n) is 3.45. The molecule has 2 heterocycles. The van der Waals surface area contributed by atoms with Crippen LogP contribution in [0.5, 0.6) is 0 Å². The van der Waals surface area contributed by atoms with Crippen molar-refractivity contribution in [3.8, 4) is 0 Å². The zero-order valence-corrected chi connectivity index (χ0v) is 13.7. The maximum atomic E-state index is 5.89. The molecule has 0 amide bonds. The van der Waals surface area contributed by atoms with Crippen molar-refractivity contribution in [1.29, 1.82) is 0 Å². The predicted molar refractivity (Wildman–Crippen MR) is 86.8 cm³/mol. The van der Waals surface area contributed by atoms with Gasteiger partial charge in [-0.1, -0.05) is 0 Å². The Morgan fingerprint density at radius 3 is 2.86 bits per heavy atom. The highest BCUT2D eigenvalue weighted by Crippen LogP contribution is 2.17. The normalized spacial score (nSPS) is 17.1. The van der Waals surface area contributed by atoms with Gasteiger partial charge in [0.15, 0.2) is 5.96 Å². The summed E-state index contributed by atoms with van der Waals surface area (Å²) in [4.78, 5) is 12.4. The summed E-state index contributed by atoms with van der Waals surface area (Å²) in [5.74, 6) is 0.516. The van der Waals surface area contributed by atoms with Crippen molar-refractivity contribution in [2.75, 3.05) is 39.4 Å². The van der Waals surface area contributed by atoms with Crippen LogP contribution in [0.3, 0.4) is 0 Å². The standard InChI is InChI=1S/C14H25N5OS/c1-11-13(21-12(2)18-11)10-17-14(15)16-4-3-5-19-6-8-20-9-7-19/h3-10H2,1-2H3,(H3,15,16,17). The molecule has 1 fully saturated rings. The molecule has 1 aliphatic rings. The van der Waals surface area contributed by atoms with Crippen LogP contribution in [0.2, 0.25) is 0 Å². The molecule has 1 saturated heterocycles. The molecule has 21 heavy (non-hydrogen) atoms. The van der Waals surface area contributed by atoms with Gasteiger partial charge in [-0.25, -0.2) is 9.98 Å². The molecule has 0 aromatic carbocycles. The minimum Gasteiger partial charge on any atom is -0.379 e. The molecule has 6 nitrogen and oxygen atoms in total. The molecule has 0 bridgehead atoms. The second-order valence-corrected chi connectivity index (χ2v) is 6.47. The first-order valence-corrected chi connectivity index (χ1v) is 8.23. The van der Waals surface area contributed by atoms with Crippen LogP contribution in [-0.4, -0.2) is 55.2 Å². The minimum absolute atomic E-state index is 0.516. The van der Waals surface area contributed by atoms with Gasteiger partial charge in [-0.3, -0.25) is 4.90 Å². The summed E-state index contributed by atoms with van der Waals surface area (Å²) in [5, 5.41) is 4.25. The third kappa shape index (κ3) is 5.61. The van der Waals surface area contributed by atoms with Crippen LogP contribution >= 0.6 is 11.3 Å². The molecule has 3 N–H and O–H groups in total. The number of hydrogen-bond donors (Lipinski definition) is 2. The van der Waals surface area contributed by atoms with Gasteiger partial charge >= 0.3 is 0 Å². The zero-order chi connectivity index (χ0) is 15.1. The van der Waals surface area contributed by atoms with Crippen LogP contribution in [0, 0.1) is 13.8 Å². The van der Waals surface area contributed by atoms with Crippen LogP contribution < -0.4 is 11.1 Å². The average Bonchev–Trinajstić information content (AvgIpc) is 2.80. The quantitative estimate of drug-likeness (QED) is 0.463. The number of aliphatic imine (C=N–C) groups is 1. The molecule has 7 heteroatoms. The Balaban J connectivity index is 1.63. The van der Waals surface area contributed by atoms with E-state index in [1.807, 2.05) is 13.8 Å². The Bertz CT molecular complexity index is 468. The van der Waals surface area contributed by atoms with E-state index in [-0.39, 0.29) is 0 Å². The minimum atomic E-state index is 0.516. The van der Waals surface area contributed by atoms with Crippen LogP contribution in [0.1, 0.15) is 22.0 Å². The summed E-state index contributed by atoms with van der Waals surface area (Å²) in [6.07, 6.45) is 1.06. The molecule has 1 aliphatic heterocycles. The van der Waals surface area contributed by atoms with E-state index >= 15 is 0 Å². The Morgan fingerprint density at radius 2 is 2.19 bits per heavy atom. The SMILES string of the molecule is Cc1nc(C)c(CN=C(N)NCCCN2CCOCC2)s1. The number of morpholine rings is 1. The zero-order valence-electron chi connectivity index (χ0n) is 12.9. The number of aromatic nitrogens is 1. The second kappa shape index (κ2) is 8.31. The van der Waals surface area contributed by atoms with Gasteiger partial charge in [0, 0.05) is 24.5 Å². The Kier molecular flexibility index (Phi) is 6.41. The lowest BCUT2D eigenvalue weighted by Crippen LogP contribution is -2.39. The van der Waals surface area contributed by atoms with Crippen molar-refractivity contribution in [1.82, 2.24) is 15.2 Å². The van der Waals surface area contributed by atoms with E-state index in [4.69, 9.17) is 10.5 Å². The molecule has 0 spiro atoms. The fourth-order valence-corrected chi connectivity index (χ4v) is 3.14. The lowest BCUT2D eigenvalue weighted by Gasteiger charge is -2.26. The molecule has 0 aliphatic carbocycles. The molecule has 1 aromatic rings. The van der Waals surface area contributed by atoms with Gasteiger partial charge in [-0.05, 0) is 26.8 Å². The molecule has 118 valence electrons. The van der Waals surface area contributed by atoms with Crippen molar-refractivity contribution < 1.29 is 4.74 Å².